The SMILES string of the molecule is C=C1C(=CC=C2CCC[C@]3(C)[C@@H]([C@H](C)CC[C@@H](OC(=O)C(C)CC)C4(c5ncc(CCCC)o5)CC4)CC[C@@H]23)C[C@@H](O)C[C@@H]1O. The van der Waals surface area contributed by atoms with Crippen molar-refractivity contribution in [1.29, 1.82) is 0 Å². The van der Waals surface area contributed by atoms with Crippen molar-refractivity contribution in [3.8, 4) is 0 Å². The molecule has 4 aliphatic carbocycles. The van der Waals surface area contributed by atoms with E-state index in [4.69, 9.17) is 14.1 Å². The van der Waals surface area contributed by atoms with Gasteiger partial charge in [-0.25, -0.2) is 4.98 Å². The molecule has 0 bridgehead atoms. The second-order valence-corrected chi connectivity index (χ2v) is 15.3. The number of rotatable bonds is 13. The van der Waals surface area contributed by atoms with E-state index in [1.807, 2.05) is 20.0 Å². The Morgan fingerprint density at radius 1 is 1.18 bits per heavy atom. The Bertz CT molecular complexity index is 1260. The fraction of sp³-hybridized carbons (Fsp3) is 0.744. The number of carbonyl (C=O) groups is 1. The molecule has 4 fully saturated rings. The van der Waals surface area contributed by atoms with Gasteiger partial charge in [0.15, 0.2) is 0 Å². The zero-order chi connectivity index (χ0) is 32.4. The van der Waals surface area contributed by atoms with Gasteiger partial charge in [-0.1, -0.05) is 65.3 Å². The van der Waals surface area contributed by atoms with Crippen LogP contribution in [0.1, 0.15) is 136 Å². The summed E-state index contributed by atoms with van der Waals surface area (Å²) in [6, 6.07) is 0. The van der Waals surface area contributed by atoms with Crippen LogP contribution in [0.15, 0.2) is 46.1 Å². The molecule has 0 radical (unpaired) electrons. The van der Waals surface area contributed by atoms with E-state index in [0.29, 0.717) is 30.6 Å². The van der Waals surface area contributed by atoms with Crippen molar-refractivity contribution >= 4 is 5.97 Å². The second kappa shape index (κ2) is 14.3. The van der Waals surface area contributed by atoms with E-state index in [-0.39, 0.29) is 28.8 Å². The van der Waals surface area contributed by atoms with Crippen molar-refractivity contribution in [3.05, 3.63) is 53.3 Å². The highest BCUT2D eigenvalue weighted by Gasteiger charge is 2.57. The quantitative estimate of drug-likeness (QED) is 0.214. The van der Waals surface area contributed by atoms with E-state index >= 15 is 0 Å². The van der Waals surface area contributed by atoms with Gasteiger partial charge in [-0.05, 0) is 111 Å². The molecule has 2 N–H and O–H groups in total. The zero-order valence-electron chi connectivity index (χ0n) is 28.7. The molecule has 0 amide bonds. The average Bonchev–Trinajstić information content (AvgIpc) is 3.53. The summed E-state index contributed by atoms with van der Waals surface area (Å²) in [5, 5.41) is 20.5. The Morgan fingerprint density at radius 3 is 2.67 bits per heavy atom. The maximum Gasteiger partial charge on any atom is 0.308 e. The number of aryl methyl sites for hydroxylation is 1. The first-order valence-corrected chi connectivity index (χ1v) is 18.1. The molecule has 8 atom stereocenters. The fourth-order valence-corrected chi connectivity index (χ4v) is 8.98. The van der Waals surface area contributed by atoms with Crippen LogP contribution in [0.25, 0.3) is 0 Å². The Balaban J connectivity index is 1.29. The Morgan fingerprint density at radius 2 is 1.96 bits per heavy atom. The summed E-state index contributed by atoms with van der Waals surface area (Å²) in [7, 11) is 0. The monoisotopic (exact) mass is 621 g/mol. The van der Waals surface area contributed by atoms with Crippen LogP contribution in [0.3, 0.4) is 0 Å². The van der Waals surface area contributed by atoms with Gasteiger partial charge in [-0.3, -0.25) is 4.79 Å². The highest BCUT2D eigenvalue weighted by atomic mass is 16.5. The number of unbranched alkanes of at least 4 members (excludes halogenated alkanes) is 1. The molecule has 5 rings (SSSR count). The highest BCUT2D eigenvalue weighted by Crippen LogP contribution is 2.60. The molecular weight excluding hydrogens is 562 g/mol. The maximum atomic E-state index is 13.1. The summed E-state index contributed by atoms with van der Waals surface area (Å²) >= 11 is 0. The lowest BCUT2D eigenvalue weighted by atomic mass is 9.60. The number of allylic oxidation sites excluding steroid dienone is 3. The number of aliphatic hydroxyl groups excluding tert-OH is 2. The van der Waals surface area contributed by atoms with Gasteiger partial charge in [0.2, 0.25) is 5.89 Å². The first-order valence-electron chi connectivity index (χ1n) is 18.1. The minimum atomic E-state index is -0.651. The smallest absolute Gasteiger partial charge is 0.308 e. The summed E-state index contributed by atoms with van der Waals surface area (Å²) in [4.78, 5) is 17.9. The summed E-state index contributed by atoms with van der Waals surface area (Å²) in [5.41, 5.74) is 3.23. The van der Waals surface area contributed by atoms with Gasteiger partial charge in [-0.15, -0.1) is 0 Å². The number of ether oxygens (including phenoxy) is 1. The third-order valence-electron chi connectivity index (χ3n) is 12.3. The number of hydrogen-bond donors (Lipinski definition) is 2. The maximum absolute atomic E-state index is 13.1. The molecule has 0 spiro atoms. The third-order valence-corrected chi connectivity index (χ3v) is 12.3. The lowest BCUT2D eigenvalue weighted by Crippen LogP contribution is -2.37. The Kier molecular flexibility index (Phi) is 10.9. The van der Waals surface area contributed by atoms with Crippen molar-refractivity contribution in [3.63, 3.8) is 0 Å². The van der Waals surface area contributed by atoms with E-state index in [0.717, 1.165) is 80.6 Å². The fourth-order valence-electron chi connectivity index (χ4n) is 8.98. The van der Waals surface area contributed by atoms with Gasteiger partial charge in [0.1, 0.15) is 11.9 Å². The van der Waals surface area contributed by atoms with Crippen molar-refractivity contribution in [2.24, 2.45) is 29.1 Å². The molecule has 45 heavy (non-hydrogen) atoms. The number of esters is 1. The van der Waals surface area contributed by atoms with Crippen LogP contribution >= 0.6 is 0 Å². The number of oxazole rings is 1. The summed E-state index contributed by atoms with van der Waals surface area (Å²) in [6.45, 7) is 15.3. The molecule has 1 aromatic rings. The molecule has 0 aromatic carbocycles. The van der Waals surface area contributed by atoms with Crippen LogP contribution in [0.5, 0.6) is 0 Å². The van der Waals surface area contributed by atoms with Crippen molar-refractivity contribution < 1.29 is 24.2 Å². The van der Waals surface area contributed by atoms with Crippen LogP contribution in [0.2, 0.25) is 0 Å². The molecule has 0 saturated heterocycles. The number of aromatic nitrogens is 1. The first kappa shape index (κ1) is 34.2. The van der Waals surface area contributed by atoms with Crippen LogP contribution in [0, 0.1) is 29.1 Å². The van der Waals surface area contributed by atoms with Crippen LogP contribution in [-0.4, -0.2) is 39.5 Å². The first-order chi connectivity index (χ1) is 21.5. The predicted molar refractivity (Wildman–Crippen MR) is 178 cm³/mol. The standard InChI is InChI=1S/C39H59NO5/c1-7-9-12-31-24-40-37(44-31)39(20-21-39)35(45-36(43)25(3)8-2)18-13-26(4)32-16-17-33-28(11-10-19-38(32,33)6)14-15-29-22-30(41)23-34(42)27(29)5/h14-15,24-26,30,32-35,41-42H,5,7-13,16-23H2,1-4,6H3/t25?,26-,30-,32-,33+,34+,35-,38-/m1/s1. The predicted octanol–water partition coefficient (Wildman–Crippen LogP) is 8.56. The summed E-state index contributed by atoms with van der Waals surface area (Å²) in [5.74, 6) is 3.21. The van der Waals surface area contributed by atoms with Crippen molar-refractivity contribution in [1.82, 2.24) is 4.98 Å². The largest absolute Gasteiger partial charge is 0.461 e. The highest BCUT2D eigenvalue weighted by molar-refractivity contribution is 5.72. The molecule has 1 heterocycles. The molecule has 1 aromatic heterocycles. The van der Waals surface area contributed by atoms with E-state index in [1.165, 1.54) is 31.3 Å². The molecule has 4 aliphatic rings. The molecule has 4 saturated carbocycles. The van der Waals surface area contributed by atoms with Gasteiger partial charge in [0, 0.05) is 12.8 Å². The second-order valence-electron chi connectivity index (χ2n) is 15.3. The molecular formula is C39H59NO5. The third kappa shape index (κ3) is 7.22. The van der Waals surface area contributed by atoms with Crippen LogP contribution in [0.4, 0.5) is 0 Å². The van der Waals surface area contributed by atoms with E-state index in [9.17, 15) is 15.0 Å². The zero-order valence-corrected chi connectivity index (χ0v) is 28.7. The average molecular weight is 622 g/mol. The number of fused-ring (bicyclic) bond motifs is 1. The summed E-state index contributed by atoms with van der Waals surface area (Å²) in [6.07, 6.45) is 19.6. The normalized spacial score (nSPS) is 33.2. The molecule has 1 unspecified atom stereocenters. The molecule has 6 nitrogen and oxygen atoms in total. The number of aliphatic hydroxyl groups is 2. The van der Waals surface area contributed by atoms with Gasteiger partial charge in [0.25, 0.3) is 0 Å². The van der Waals surface area contributed by atoms with Crippen LogP contribution in [-0.2, 0) is 21.4 Å². The van der Waals surface area contributed by atoms with Crippen molar-refractivity contribution in [2.75, 3.05) is 0 Å². The van der Waals surface area contributed by atoms with Gasteiger partial charge < -0.3 is 19.4 Å². The Labute approximate surface area is 271 Å². The van der Waals surface area contributed by atoms with Gasteiger partial charge in [0.05, 0.1) is 29.7 Å². The molecule has 0 aliphatic heterocycles. The minimum absolute atomic E-state index is 0.0936. The lowest BCUT2D eigenvalue weighted by molar-refractivity contribution is -0.156. The topological polar surface area (TPSA) is 92.8 Å². The number of carbonyl (C=O) groups excluding carboxylic acids is 1. The van der Waals surface area contributed by atoms with E-state index in [2.05, 4.69) is 39.5 Å². The van der Waals surface area contributed by atoms with Gasteiger partial charge in [-0.2, -0.15) is 0 Å². The number of nitrogens with zero attached hydrogens (tertiary/aromatic N) is 1. The van der Waals surface area contributed by atoms with Crippen molar-refractivity contribution in [2.45, 2.75) is 155 Å². The minimum Gasteiger partial charge on any atom is -0.461 e. The summed E-state index contributed by atoms with van der Waals surface area (Å²) < 4.78 is 12.7. The van der Waals surface area contributed by atoms with Gasteiger partial charge >= 0.3 is 5.97 Å². The number of hydrogen-bond acceptors (Lipinski definition) is 6. The Hall–Kier alpha value is -2.18. The van der Waals surface area contributed by atoms with E-state index in [1.54, 1.807) is 0 Å². The molecule has 250 valence electrons. The lowest BCUT2D eigenvalue weighted by Gasteiger charge is -2.44. The van der Waals surface area contributed by atoms with E-state index < -0.39 is 12.2 Å². The van der Waals surface area contributed by atoms with Crippen LogP contribution < -0.4 is 0 Å². The molecule has 6 heteroatoms.